The molecule has 1 N–H and O–H groups in total. The summed E-state index contributed by atoms with van der Waals surface area (Å²) in [6, 6.07) is 3.63. The molecule has 1 rings (SSSR count). The monoisotopic (exact) mass is 219 g/mol. The number of alkyl halides is 1. The van der Waals surface area contributed by atoms with Gasteiger partial charge in [-0.25, -0.2) is 4.39 Å². The van der Waals surface area contributed by atoms with Crippen LogP contribution in [0.2, 0.25) is 5.02 Å². The minimum atomic E-state index is -1.51. The summed E-state index contributed by atoms with van der Waals surface area (Å²) >= 11 is 5.57. The number of aliphatic hydroxyl groups is 1. The average Bonchev–Trinajstić information content (AvgIpc) is 2.16. The van der Waals surface area contributed by atoms with Gasteiger partial charge in [-0.05, 0) is 12.1 Å². The molecule has 0 aliphatic carbocycles. The van der Waals surface area contributed by atoms with E-state index in [1.54, 1.807) is 0 Å². The molecular weight excluding hydrogens is 213 g/mol. The molecule has 0 saturated carbocycles. The summed E-state index contributed by atoms with van der Waals surface area (Å²) in [6.45, 7) is -1.08. The molecule has 6 heteroatoms. The molecule has 0 aliphatic rings. The lowest BCUT2D eigenvalue weighted by atomic mass is 10.1. The number of halogens is 2. The normalized spacial score (nSPS) is 12.5. The third-order valence-corrected chi connectivity index (χ3v) is 1.93. The van der Waals surface area contributed by atoms with Crippen molar-refractivity contribution in [2.75, 3.05) is 6.67 Å². The summed E-state index contributed by atoms with van der Waals surface area (Å²) in [5, 5.41) is 19.8. The summed E-state index contributed by atoms with van der Waals surface area (Å²) in [5.41, 5.74) is -0.440. The summed E-state index contributed by atoms with van der Waals surface area (Å²) in [4.78, 5) is 9.79. The van der Waals surface area contributed by atoms with E-state index >= 15 is 0 Å². The maximum Gasteiger partial charge on any atom is 0.275 e. The first-order chi connectivity index (χ1) is 6.56. The van der Waals surface area contributed by atoms with Gasteiger partial charge in [-0.2, -0.15) is 0 Å². The number of nitro groups is 1. The van der Waals surface area contributed by atoms with Crippen molar-refractivity contribution in [2.45, 2.75) is 6.10 Å². The fourth-order valence-electron chi connectivity index (χ4n) is 1.04. The van der Waals surface area contributed by atoms with Crippen molar-refractivity contribution in [1.29, 1.82) is 0 Å². The molecule has 0 amide bonds. The largest absolute Gasteiger partial charge is 0.385 e. The van der Waals surface area contributed by atoms with Crippen LogP contribution in [0.5, 0.6) is 0 Å². The predicted octanol–water partition coefficient (Wildman–Crippen LogP) is 2.25. The first kappa shape index (κ1) is 10.9. The van der Waals surface area contributed by atoms with Crippen LogP contribution in [-0.4, -0.2) is 16.7 Å². The second-order valence-corrected chi connectivity index (χ2v) is 3.07. The van der Waals surface area contributed by atoms with Crippen molar-refractivity contribution in [3.63, 3.8) is 0 Å². The lowest BCUT2D eigenvalue weighted by Crippen LogP contribution is -2.03. The van der Waals surface area contributed by atoms with E-state index in [0.29, 0.717) is 0 Å². The third-order valence-electron chi connectivity index (χ3n) is 1.69. The van der Waals surface area contributed by atoms with Crippen LogP contribution in [0.3, 0.4) is 0 Å². The summed E-state index contributed by atoms with van der Waals surface area (Å²) in [7, 11) is 0. The van der Waals surface area contributed by atoms with E-state index in [4.69, 9.17) is 16.7 Å². The maximum absolute atomic E-state index is 12.1. The number of aliphatic hydroxyl groups excluding tert-OH is 1. The van der Waals surface area contributed by atoms with Gasteiger partial charge in [0.05, 0.1) is 10.5 Å². The Bertz CT molecular complexity index is 358. The molecule has 0 bridgehead atoms. The summed E-state index contributed by atoms with van der Waals surface area (Å²) in [6.07, 6.45) is -1.51. The van der Waals surface area contributed by atoms with E-state index in [-0.39, 0.29) is 16.3 Å². The van der Waals surface area contributed by atoms with Gasteiger partial charge >= 0.3 is 0 Å². The Morgan fingerprint density at radius 1 is 1.64 bits per heavy atom. The Kier molecular flexibility index (Phi) is 3.38. The summed E-state index contributed by atoms with van der Waals surface area (Å²) < 4.78 is 12.1. The molecule has 1 aromatic rings. The number of benzene rings is 1. The lowest BCUT2D eigenvalue weighted by molar-refractivity contribution is -0.386. The van der Waals surface area contributed by atoms with Gasteiger partial charge in [-0.3, -0.25) is 10.1 Å². The van der Waals surface area contributed by atoms with E-state index < -0.39 is 17.7 Å². The van der Waals surface area contributed by atoms with E-state index in [1.807, 2.05) is 0 Å². The maximum atomic E-state index is 12.1. The molecular formula is C8H7ClFNO3. The van der Waals surface area contributed by atoms with Gasteiger partial charge in [0.25, 0.3) is 5.69 Å². The van der Waals surface area contributed by atoms with Crippen LogP contribution in [0.4, 0.5) is 10.1 Å². The molecule has 14 heavy (non-hydrogen) atoms. The molecule has 0 heterocycles. The highest BCUT2D eigenvalue weighted by molar-refractivity contribution is 6.30. The molecule has 0 radical (unpaired) electrons. The van der Waals surface area contributed by atoms with Gasteiger partial charge in [0, 0.05) is 11.1 Å². The SMILES string of the molecule is O=[N+]([O-])c1ccc(Cl)cc1C(O)CF. The molecule has 1 unspecified atom stereocenters. The van der Waals surface area contributed by atoms with E-state index in [2.05, 4.69) is 0 Å². The number of nitrogens with zero attached hydrogens (tertiary/aromatic N) is 1. The molecule has 0 aromatic heterocycles. The highest BCUT2D eigenvalue weighted by Gasteiger charge is 2.20. The Morgan fingerprint density at radius 2 is 2.29 bits per heavy atom. The Hall–Kier alpha value is -1.20. The van der Waals surface area contributed by atoms with Crippen molar-refractivity contribution in [1.82, 2.24) is 0 Å². The second-order valence-electron chi connectivity index (χ2n) is 2.63. The van der Waals surface area contributed by atoms with Crippen molar-refractivity contribution in [3.8, 4) is 0 Å². The lowest BCUT2D eigenvalue weighted by Gasteiger charge is -2.07. The Labute approximate surface area is 84.1 Å². The summed E-state index contributed by atoms with van der Waals surface area (Å²) in [5.74, 6) is 0. The zero-order valence-electron chi connectivity index (χ0n) is 6.98. The van der Waals surface area contributed by atoms with Crippen LogP contribution in [0.15, 0.2) is 18.2 Å². The average molecular weight is 220 g/mol. The minimum Gasteiger partial charge on any atom is -0.385 e. The third kappa shape index (κ3) is 2.18. The molecule has 0 saturated heterocycles. The standard InChI is InChI=1S/C8H7ClFNO3/c9-5-1-2-7(11(13)14)6(3-5)8(12)4-10/h1-3,8,12H,4H2. The second kappa shape index (κ2) is 4.34. The van der Waals surface area contributed by atoms with Crippen LogP contribution < -0.4 is 0 Å². The molecule has 4 nitrogen and oxygen atoms in total. The quantitative estimate of drug-likeness (QED) is 0.626. The topological polar surface area (TPSA) is 63.4 Å². The van der Waals surface area contributed by atoms with E-state index in [9.17, 15) is 14.5 Å². The predicted molar refractivity (Wildman–Crippen MR) is 49.0 cm³/mol. The molecule has 76 valence electrons. The smallest absolute Gasteiger partial charge is 0.275 e. The highest BCUT2D eigenvalue weighted by Crippen LogP contribution is 2.28. The van der Waals surface area contributed by atoms with Crippen LogP contribution >= 0.6 is 11.6 Å². The van der Waals surface area contributed by atoms with E-state index in [1.165, 1.54) is 12.1 Å². The van der Waals surface area contributed by atoms with Gasteiger partial charge in [0.15, 0.2) is 0 Å². The zero-order chi connectivity index (χ0) is 10.7. The Morgan fingerprint density at radius 3 is 2.79 bits per heavy atom. The molecule has 0 spiro atoms. The van der Waals surface area contributed by atoms with Crippen LogP contribution in [-0.2, 0) is 0 Å². The number of hydrogen-bond donors (Lipinski definition) is 1. The van der Waals surface area contributed by atoms with Gasteiger partial charge in [-0.1, -0.05) is 11.6 Å². The zero-order valence-corrected chi connectivity index (χ0v) is 7.74. The minimum absolute atomic E-state index is 0.106. The van der Waals surface area contributed by atoms with Crippen molar-refractivity contribution in [3.05, 3.63) is 38.9 Å². The highest BCUT2D eigenvalue weighted by atomic mass is 35.5. The van der Waals surface area contributed by atoms with E-state index in [0.717, 1.165) is 6.07 Å². The number of rotatable bonds is 3. The van der Waals surface area contributed by atoms with Gasteiger partial charge in [-0.15, -0.1) is 0 Å². The van der Waals surface area contributed by atoms with Crippen molar-refractivity contribution in [2.24, 2.45) is 0 Å². The first-order valence-corrected chi connectivity index (χ1v) is 4.12. The molecule has 1 aromatic carbocycles. The fraction of sp³-hybridized carbons (Fsp3) is 0.250. The number of hydrogen-bond acceptors (Lipinski definition) is 3. The van der Waals surface area contributed by atoms with Crippen molar-refractivity contribution >= 4 is 17.3 Å². The molecule has 0 aliphatic heterocycles. The van der Waals surface area contributed by atoms with Crippen LogP contribution in [0.25, 0.3) is 0 Å². The van der Waals surface area contributed by atoms with Gasteiger partial charge < -0.3 is 5.11 Å². The Balaban J connectivity index is 3.22. The number of nitro benzene ring substituents is 1. The molecule has 0 fully saturated rings. The van der Waals surface area contributed by atoms with Crippen molar-refractivity contribution < 1.29 is 14.4 Å². The van der Waals surface area contributed by atoms with Gasteiger partial charge in [0.1, 0.15) is 12.8 Å². The first-order valence-electron chi connectivity index (χ1n) is 3.74. The van der Waals surface area contributed by atoms with Crippen LogP contribution in [0, 0.1) is 10.1 Å². The molecule has 1 atom stereocenters. The van der Waals surface area contributed by atoms with Gasteiger partial charge in [0.2, 0.25) is 0 Å². The van der Waals surface area contributed by atoms with Crippen LogP contribution in [0.1, 0.15) is 11.7 Å². The fourth-order valence-corrected chi connectivity index (χ4v) is 1.22.